The van der Waals surface area contributed by atoms with Gasteiger partial charge in [0.1, 0.15) is 6.29 Å². The van der Waals surface area contributed by atoms with Gasteiger partial charge in [0.15, 0.2) is 0 Å². The summed E-state index contributed by atoms with van der Waals surface area (Å²) in [6, 6.07) is 15.4. The number of hydrogen-bond acceptors (Lipinski definition) is 3. The van der Waals surface area contributed by atoms with Gasteiger partial charge in [0.05, 0.1) is 5.69 Å². The Morgan fingerprint density at radius 3 is 1.95 bits per heavy atom. The number of nitrogens with zero attached hydrogens (tertiary/aromatic N) is 1. The zero-order valence-electron chi connectivity index (χ0n) is 10.4. The fraction of sp³-hybridized carbons (Fsp3) is 0.125. The largest absolute Gasteiger partial charge is 0.303 e. The van der Waals surface area contributed by atoms with E-state index >= 15 is 0 Å². The van der Waals surface area contributed by atoms with Crippen LogP contribution in [0, 0.1) is 0 Å². The highest BCUT2D eigenvalue weighted by atomic mass is 16.1. The van der Waals surface area contributed by atoms with Crippen molar-refractivity contribution in [2.75, 3.05) is 0 Å². The molecule has 0 atom stereocenters. The molecule has 0 aromatic heterocycles. The lowest BCUT2D eigenvalue weighted by molar-refractivity contribution is -0.107. The molecule has 0 heterocycles. The number of carbonyl (C=O) groups is 1. The Morgan fingerprint density at radius 2 is 1.42 bits per heavy atom. The van der Waals surface area contributed by atoms with Gasteiger partial charge in [-0.1, -0.05) is 36.4 Å². The van der Waals surface area contributed by atoms with Gasteiger partial charge in [-0.3, -0.25) is 0 Å². The van der Waals surface area contributed by atoms with Crippen LogP contribution in [0.25, 0.3) is 0 Å². The predicted octanol–water partition coefficient (Wildman–Crippen LogP) is 2.99. The SMILES string of the molecule is O=C=Nc1ccc(Cc2ccc(CC=O)cc2)cc1. The average molecular weight is 251 g/mol. The van der Waals surface area contributed by atoms with Crippen molar-refractivity contribution in [1.29, 1.82) is 0 Å². The molecular formula is C16H13NO2. The summed E-state index contributed by atoms with van der Waals surface area (Å²) >= 11 is 0. The van der Waals surface area contributed by atoms with Crippen molar-refractivity contribution >= 4 is 18.1 Å². The fourth-order valence-corrected chi connectivity index (χ4v) is 1.87. The number of benzene rings is 2. The predicted molar refractivity (Wildman–Crippen MR) is 73.2 cm³/mol. The summed E-state index contributed by atoms with van der Waals surface area (Å²) in [7, 11) is 0. The Morgan fingerprint density at radius 1 is 0.895 bits per heavy atom. The lowest BCUT2D eigenvalue weighted by Crippen LogP contribution is -1.90. The molecule has 0 radical (unpaired) electrons. The van der Waals surface area contributed by atoms with E-state index in [1.165, 1.54) is 11.6 Å². The van der Waals surface area contributed by atoms with Crippen LogP contribution < -0.4 is 0 Å². The lowest BCUT2D eigenvalue weighted by atomic mass is 10.0. The number of aldehydes is 1. The number of aliphatic imine (C=N–C) groups is 1. The van der Waals surface area contributed by atoms with Gasteiger partial charge >= 0.3 is 0 Å². The second kappa shape index (κ2) is 6.43. The molecule has 0 saturated carbocycles. The molecule has 0 amide bonds. The van der Waals surface area contributed by atoms with E-state index in [9.17, 15) is 9.59 Å². The minimum atomic E-state index is 0.457. The molecule has 2 aromatic carbocycles. The van der Waals surface area contributed by atoms with E-state index in [4.69, 9.17) is 0 Å². The van der Waals surface area contributed by atoms with Crippen molar-refractivity contribution in [3.63, 3.8) is 0 Å². The summed E-state index contributed by atoms with van der Waals surface area (Å²) < 4.78 is 0. The molecule has 0 fully saturated rings. The van der Waals surface area contributed by atoms with Crippen LogP contribution in [0.15, 0.2) is 53.5 Å². The van der Waals surface area contributed by atoms with Gasteiger partial charge in [0.25, 0.3) is 0 Å². The van der Waals surface area contributed by atoms with Crippen molar-refractivity contribution in [1.82, 2.24) is 0 Å². The fourth-order valence-electron chi connectivity index (χ4n) is 1.87. The summed E-state index contributed by atoms with van der Waals surface area (Å²) in [6.45, 7) is 0. The Kier molecular flexibility index (Phi) is 4.38. The van der Waals surface area contributed by atoms with Gasteiger partial charge < -0.3 is 4.79 Å². The quantitative estimate of drug-likeness (QED) is 0.466. The van der Waals surface area contributed by atoms with Crippen molar-refractivity contribution in [3.05, 3.63) is 65.2 Å². The summed E-state index contributed by atoms with van der Waals surface area (Å²) in [5, 5.41) is 0. The number of hydrogen-bond donors (Lipinski definition) is 0. The Hall–Kier alpha value is -2.51. The van der Waals surface area contributed by atoms with E-state index in [0.29, 0.717) is 12.1 Å². The minimum Gasteiger partial charge on any atom is -0.303 e. The maximum absolute atomic E-state index is 10.4. The Balaban J connectivity index is 2.07. The number of carbonyl (C=O) groups excluding carboxylic acids is 2. The number of isocyanates is 1. The second-order valence-electron chi connectivity index (χ2n) is 4.23. The van der Waals surface area contributed by atoms with E-state index in [0.717, 1.165) is 23.8 Å². The van der Waals surface area contributed by atoms with E-state index < -0.39 is 0 Å². The minimum absolute atomic E-state index is 0.457. The van der Waals surface area contributed by atoms with E-state index in [-0.39, 0.29) is 0 Å². The third-order valence-corrected chi connectivity index (χ3v) is 2.86. The van der Waals surface area contributed by atoms with Crippen LogP contribution in [0.3, 0.4) is 0 Å². The molecule has 0 aliphatic carbocycles. The molecule has 0 N–H and O–H groups in total. The van der Waals surface area contributed by atoms with Gasteiger partial charge in [0.2, 0.25) is 6.08 Å². The highest BCUT2D eigenvalue weighted by molar-refractivity contribution is 5.55. The molecule has 3 nitrogen and oxygen atoms in total. The second-order valence-corrected chi connectivity index (χ2v) is 4.23. The van der Waals surface area contributed by atoms with Gasteiger partial charge in [-0.15, -0.1) is 0 Å². The van der Waals surface area contributed by atoms with Crippen molar-refractivity contribution in [2.45, 2.75) is 12.8 Å². The molecule has 0 aliphatic rings. The van der Waals surface area contributed by atoms with Crippen LogP contribution >= 0.6 is 0 Å². The molecule has 19 heavy (non-hydrogen) atoms. The topological polar surface area (TPSA) is 46.5 Å². The van der Waals surface area contributed by atoms with Crippen LogP contribution in [0.5, 0.6) is 0 Å². The first-order chi connectivity index (χ1) is 9.31. The standard InChI is InChI=1S/C16H13NO2/c18-10-9-13-1-3-14(4-2-13)11-15-5-7-16(8-6-15)17-12-19/h1-8,10H,9,11H2. The normalized spacial score (nSPS) is 9.68. The number of rotatable bonds is 5. The maximum Gasteiger partial charge on any atom is 0.240 e. The molecule has 0 bridgehead atoms. The molecule has 0 unspecified atom stereocenters. The van der Waals surface area contributed by atoms with Crippen LogP contribution in [0.4, 0.5) is 5.69 Å². The smallest absolute Gasteiger partial charge is 0.240 e. The molecular weight excluding hydrogens is 238 g/mol. The zero-order chi connectivity index (χ0) is 13.5. The lowest BCUT2D eigenvalue weighted by Gasteiger charge is -2.03. The van der Waals surface area contributed by atoms with Gasteiger partial charge in [-0.2, -0.15) is 4.99 Å². The molecule has 0 aliphatic heterocycles. The van der Waals surface area contributed by atoms with Crippen molar-refractivity contribution < 1.29 is 9.59 Å². The van der Waals surface area contributed by atoms with Crippen molar-refractivity contribution in [3.8, 4) is 0 Å². The maximum atomic E-state index is 10.4. The van der Waals surface area contributed by atoms with Crippen LogP contribution in [0.1, 0.15) is 16.7 Å². The molecule has 0 spiro atoms. The van der Waals surface area contributed by atoms with Crippen LogP contribution in [-0.4, -0.2) is 12.4 Å². The first kappa shape index (κ1) is 12.9. The highest BCUT2D eigenvalue weighted by Gasteiger charge is 1.98. The average Bonchev–Trinajstić information content (AvgIpc) is 2.44. The molecule has 0 saturated heterocycles. The van der Waals surface area contributed by atoms with E-state index in [2.05, 4.69) is 4.99 Å². The summed E-state index contributed by atoms with van der Waals surface area (Å²) in [6.07, 6.45) is 3.69. The van der Waals surface area contributed by atoms with Gasteiger partial charge in [-0.25, -0.2) is 4.79 Å². The summed E-state index contributed by atoms with van der Waals surface area (Å²) in [5.74, 6) is 0. The zero-order valence-corrected chi connectivity index (χ0v) is 10.4. The van der Waals surface area contributed by atoms with Crippen LogP contribution in [-0.2, 0) is 22.4 Å². The first-order valence-electron chi connectivity index (χ1n) is 6.00. The molecule has 3 heteroatoms. The van der Waals surface area contributed by atoms with E-state index in [1.807, 2.05) is 36.4 Å². The summed E-state index contributed by atoms with van der Waals surface area (Å²) in [4.78, 5) is 24.1. The Bertz CT molecular complexity index is 594. The summed E-state index contributed by atoms with van der Waals surface area (Å²) in [5.41, 5.74) is 3.96. The monoisotopic (exact) mass is 251 g/mol. The third-order valence-electron chi connectivity index (χ3n) is 2.86. The van der Waals surface area contributed by atoms with E-state index in [1.54, 1.807) is 12.1 Å². The van der Waals surface area contributed by atoms with Crippen molar-refractivity contribution in [2.24, 2.45) is 4.99 Å². The molecule has 94 valence electrons. The first-order valence-corrected chi connectivity index (χ1v) is 6.00. The highest BCUT2D eigenvalue weighted by Crippen LogP contribution is 2.15. The molecule has 2 rings (SSSR count). The molecule has 2 aromatic rings. The Labute approximate surface area is 111 Å². The van der Waals surface area contributed by atoms with Crippen LogP contribution in [0.2, 0.25) is 0 Å². The van der Waals surface area contributed by atoms with Gasteiger partial charge in [0, 0.05) is 6.42 Å². The third kappa shape index (κ3) is 3.73. The van der Waals surface area contributed by atoms with Gasteiger partial charge in [-0.05, 0) is 35.2 Å².